The van der Waals surface area contributed by atoms with Gasteiger partial charge in [-0.2, -0.15) is 0 Å². The molecule has 19 heavy (non-hydrogen) atoms. The zero-order valence-electron chi connectivity index (χ0n) is 11.9. The maximum absolute atomic E-state index is 11.5. The standard InChI is InChI=1S/C14H22N2O3/c1-4-14(17)13-6-5-12(11-15-13)16(7-9-18-2)8-10-19-3/h5-6,11H,4,7-10H2,1-3H3. The zero-order valence-corrected chi connectivity index (χ0v) is 11.9. The molecule has 0 saturated heterocycles. The maximum atomic E-state index is 11.5. The number of carbonyl (C=O) groups is 1. The van der Waals surface area contributed by atoms with Gasteiger partial charge in [-0.05, 0) is 12.1 Å². The SMILES string of the molecule is CCC(=O)c1ccc(N(CCOC)CCOC)cn1. The van der Waals surface area contributed by atoms with Gasteiger partial charge in [-0.1, -0.05) is 6.92 Å². The molecular formula is C14H22N2O3. The Hall–Kier alpha value is -1.46. The first-order valence-electron chi connectivity index (χ1n) is 6.45. The third-order valence-electron chi connectivity index (χ3n) is 2.85. The number of anilines is 1. The lowest BCUT2D eigenvalue weighted by Gasteiger charge is -2.23. The molecule has 0 spiro atoms. The van der Waals surface area contributed by atoms with Crippen LogP contribution in [0.25, 0.3) is 0 Å². The van der Waals surface area contributed by atoms with E-state index in [0.29, 0.717) is 25.3 Å². The quantitative estimate of drug-likeness (QED) is 0.638. The summed E-state index contributed by atoms with van der Waals surface area (Å²) < 4.78 is 10.2. The fourth-order valence-electron chi connectivity index (χ4n) is 1.69. The number of hydrogen-bond donors (Lipinski definition) is 0. The predicted molar refractivity (Wildman–Crippen MR) is 74.8 cm³/mol. The van der Waals surface area contributed by atoms with Crippen LogP contribution < -0.4 is 4.90 Å². The van der Waals surface area contributed by atoms with E-state index in [-0.39, 0.29) is 5.78 Å². The highest BCUT2D eigenvalue weighted by atomic mass is 16.5. The number of hydrogen-bond acceptors (Lipinski definition) is 5. The Kier molecular flexibility index (Phi) is 7.07. The average Bonchev–Trinajstić information content (AvgIpc) is 2.47. The van der Waals surface area contributed by atoms with Gasteiger partial charge in [0.25, 0.3) is 0 Å². The van der Waals surface area contributed by atoms with Crippen LogP contribution in [0.1, 0.15) is 23.8 Å². The Labute approximate surface area is 114 Å². The lowest BCUT2D eigenvalue weighted by molar-refractivity contribution is 0.0983. The van der Waals surface area contributed by atoms with Crippen molar-refractivity contribution in [2.75, 3.05) is 45.4 Å². The van der Waals surface area contributed by atoms with Crippen molar-refractivity contribution < 1.29 is 14.3 Å². The van der Waals surface area contributed by atoms with Gasteiger partial charge in [0.15, 0.2) is 5.78 Å². The molecule has 0 aliphatic heterocycles. The van der Waals surface area contributed by atoms with Crippen LogP contribution in [0.4, 0.5) is 5.69 Å². The van der Waals surface area contributed by atoms with E-state index in [9.17, 15) is 4.79 Å². The molecular weight excluding hydrogens is 244 g/mol. The number of nitrogens with zero attached hydrogens (tertiary/aromatic N) is 2. The monoisotopic (exact) mass is 266 g/mol. The summed E-state index contributed by atoms with van der Waals surface area (Å²) >= 11 is 0. The minimum absolute atomic E-state index is 0.0619. The Balaban J connectivity index is 2.74. The first-order chi connectivity index (χ1) is 9.22. The third kappa shape index (κ3) is 4.96. The summed E-state index contributed by atoms with van der Waals surface area (Å²) in [6.45, 7) is 4.64. The lowest BCUT2D eigenvalue weighted by atomic mass is 10.2. The summed E-state index contributed by atoms with van der Waals surface area (Å²) in [7, 11) is 3.35. The predicted octanol–water partition coefficient (Wildman–Crippen LogP) is 1.77. The molecule has 5 nitrogen and oxygen atoms in total. The van der Waals surface area contributed by atoms with Crippen molar-refractivity contribution in [2.45, 2.75) is 13.3 Å². The second-order valence-electron chi connectivity index (χ2n) is 4.15. The van der Waals surface area contributed by atoms with Gasteiger partial charge in [0.1, 0.15) is 5.69 Å². The zero-order chi connectivity index (χ0) is 14.1. The second kappa shape index (κ2) is 8.61. The summed E-state index contributed by atoms with van der Waals surface area (Å²) in [4.78, 5) is 17.9. The van der Waals surface area contributed by atoms with E-state index >= 15 is 0 Å². The Morgan fingerprint density at radius 1 is 1.21 bits per heavy atom. The fraction of sp³-hybridized carbons (Fsp3) is 0.571. The van der Waals surface area contributed by atoms with Crippen molar-refractivity contribution in [3.05, 3.63) is 24.0 Å². The number of carbonyl (C=O) groups excluding carboxylic acids is 1. The van der Waals surface area contributed by atoms with Crippen LogP contribution in [-0.2, 0) is 9.47 Å². The van der Waals surface area contributed by atoms with E-state index in [4.69, 9.17) is 9.47 Å². The van der Waals surface area contributed by atoms with Crippen LogP contribution in [0.2, 0.25) is 0 Å². The molecule has 0 amide bonds. The van der Waals surface area contributed by atoms with Crippen molar-refractivity contribution in [1.29, 1.82) is 0 Å². The van der Waals surface area contributed by atoms with E-state index in [1.165, 1.54) is 0 Å². The van der Waals surface area contributed by atoms with Crippen LogP contribution in [0, 0.1) is 0 Å². The molecule has 106 valence electrons. The lowest BCUT2D eigenvalue weighted by Crippen LogP contribution is -2.30. The van der Waals surface area contributed by atoms with Gasteiger partial charge in [-0.3, -0.25) is 9.78 Å². The van der Waals surface area contributed by atoms with Gasteiger partial charge in [0, 0.05) is 33.7 Å². The van der Waals surface area contributed by atoms with E-state index in [2.05, 4.69) is 9.88 Å². The van der Waals surface area contributed by atoms with Gasteiger partial charge in [0.2, 0.25) is 0 Å². The number of ether oxygens (including phenoxy) is 2. The van der Waals surface area contributed by atoms with Gasteiger partial charge in [-0.15, -0.1) is 0 Å². The van der Waals surface area contributed by atoms with E-state index in [0.717, 1.165) is 18.8 Å². The molecule has 0 aliphatic rings. The normalized spacial score (nSPS) is 10.5. The minimum atomic E-state index is 0.0619. The number of ketones is 1. The molecule has 1 rings (SSSR count). The van der Waals surface area contributed by atoms with E-state index in [1.807, 2.05) is 13.0 Å². The van der Waals surface area contributed by atoms with Crippen molar-refractivity contribution in [1.82, 2.24) is 4.98 Å². The largest absolute Gasteiger partial charge is 0.383 e. The molecule has 1 aromatic heterocycles. The third-order valence-corrected chi connectivity index (χ3v) is 2.85. The summed E-state index contributed by atoms with van der Waals surface area (Å²) in [5.41, 5.74) is 1.49. The number of Topliss-reactive ketones (excluding diaryl/α,β-unsaturated/α-hetero) is 1. The Morgan fingerprint density at radius 2 is 1.84 bits per heavy atom. The number of pyridine rings is 1. The Morgan fingerprint density at radius 3 is 2.26 bits per heavy atom. The number of methoxy groups -OCH3 is 2. The summed E-state index contributed by atoms with van der Waals surface area (Å²) in [6.07, 6.45) is 2.21. The molecule has 0 atom stereocenters. The first kappa shape index (κ1) is 15.6. The van der Waals surface area contributed by atoms with Gasteiger partial charge >= 0.3 is 0 Å². The highest BCUT2D eigenvalue weighted by molar-refractivity contribution is 5.94. The summed E-state index contributed by atoms with van der Waals surface area (Å²) in [5, 5.41) is 0. The van der Waals surface area contributed by atoms with Crippen molar-refractivity contribution in [3.63, 3.8) is 0 Å². The molecule has 0 bridgehead atoms. The average molecular weight is 266 g/mol. The fourth-order valence-corrected chi connectivity index (χ4v) is 1.69. The van der Waals surface area contributed by atoms with Gasteiger partial charge in [-0.25, -0.2) is 0 Å². The van der Waals surface area contributed by atoms with Gasteiger partial charge in [0.05, 0.1) is 25.1 Å². The Bertz CT molecular complexity index is 371. The molecule has 0 unspecified atom stereocenters. The second-order valence-corrected chi connectivity index (χ2v) is 4.15. The number of aromatic nitrogens is 1. The smallest absolute Gasteiger partial charge is 0.180 e. The highest BCUT2D eigenvalue weighted by Gasteiger charge is 2.09. The van der Waals surface area contributed by atoms with E-state index in [1.54, 1.807) is 26.5 Å². The van der Waals surface area contributed by atoms with Crippen LogP contribution in [0.3, 0.4) is 0 Å². The van der Waals surface area contributed by atoms with Crippen LogP contribution in [-0.4, -0.2) is 51.3 Å². The molecule has 1 aromatic rings. The highest BCUT2D eigenvalue weighted by Crippen LogP contribution is 2.13. The van der Waals surface area contributed by atoms with Gasteiger partial charge < -0.3 is 14.4 Å². The van der Waals surface area contributed by atoms with E-state index < -0.39 is 0 Å². The molecule has 5 heteroatoms. The maximum Gasteiger partial charge on any atom is 0.180 e. The molecule has 1 heterocycles. The molecule has 0 N–H and O–H groups in total. The van der Waals surface area contributed by atoms with Crippen molar-refractivity contribution in [2.24, 2.45) is 0 Å². The molecule has 0 aromatic carbocycles. The summed E-state index contributed by atoms with van der Waals surface area (Å²) in [6, 6.07) is 3.69. The molecule has 0 saturated carbocycles. The molecule has 0 aliphatic carbocycles. The van der Waals surface area contributed by atoms with Crippen LogP contribution >= 0.6 is 0 Å². The first-order valence-corrected chi connectivity index (χ1v) is 6.45. The van der Waals surface area contributed by atoms with Crippen LogP contribution in [0.5, 0.6) is 0 Å². The minimum Gasteiger partial charge on any atom is -0.383 e. The van der Waals surface area contributed by atoms with Crippen LogP contribution in [0.15, 0.2) is 18.3 Å². The number of rotatable bonds is 9. The summed E-state index contributed by atoms with van der Waals surface area (Å²) in [5.74, 6) is 0.0619. The topological polar surface area (TPSA) is 51.7 Å². The van der Waals surface area contributed by atoms with Crippen molar-refractivity contribution in [3.8, 4) is 0 Å². The molecule has 0 radical (unpaired) electrons. The van der Waals surface area contributed by atoms with Crippen molar-refractivity contribution >= 4 is 11.5 Å². The molecule has 0 fully saturated rings.